The molecule has 6 heteroatoms. The number of nitrogens with one attached hydrogen (secondary N) is 1. The number of imidazole rings is 1. The van der Waals surface area contributed by atoms with Gasteiger partial charge >= 0.3 is 0 Å². The Morgan fingerprint density at radius 1 is 0.962 bits per heavy atom. The summed E-state index contributed by atoms with van der Waals surface area (Å²) >= 11 is 12.1. The minimum absolute atomic E-state index is 0. The molecule has 0 saturated carbocycles. The second-order valence-electron chi connectivity index (χ2n) is 5.94. The lowest BCUT2D eigenvalue weighted by Gasteiger charge is -2.18. The summed E-state index contributed by atoms with van der Waals surface area (Å²) in [5.41, 5.74) is 4.33. The number of hydrogen-bond donors (Lipinski definition) is 1. The zero-order valence-corrected chi connectivity index (χ0v) is 17.1. The maximum atomic E-state index is 6.11. The van der Waals surface area contributed by atoms with Crippen molar-refractivity contribution in [1.82, 2.24) is 14.9 Å². The highest BCUT2D eigenvalue weighted by Gasteiger charge is 2.09. The Balaban J connectivity index is 0.00000243. The fourth-order valence-electron chi connectivity index (χ4n) is 2.80. The fraction of sp³-hybridized carbons (Fsp3) is 0.250. The van der Waals surface area contributed by atoms with Gasteiger partial charge in [-0.05, 0) is 48.5 Å². The van der Waals surface area contributed by atoms with E-state index in [1.807, 2.05) is 18.3 Å². The van der Waals surface area contributed by atoms with Crippen molar-refractivity contribution >= 4 is 35.6 Å². The molecule has 3 rings (SSSR count). The molecule has 0 radical (unpaired) electrons. The number of H-pyrrole nitrogens is 1. The average Bonchev–Trinajstić information content (AvgIpc) is 3.12. The molecular weight excluding hydrogens is 389 g/mol. The summed E-state index contributed by atoms with van der Waals surface area (Å²) in [5.74, 6) is 0.780. The van der Waals surface area contributed by atoms with Gasteiger partial charge in [0, 0.05) is 12.1 Å². The van der Waals surface area contributed by atoms with E-state index < -0.39 is 0 Å². The fourth-order valence-corrected chi connectivity index (χ4v) is 3.10. The van der Waals surface area contributed by atoms with E-state index in [2.05, 4.69) is 53.0 Å². The normalized spacial score (nSPS) is 10.8. The predicted molar refractivity (Wildman–Crippen MR) is 113 cm³/mol. The molecular formula is C20H22Cl3N3. The molecule has 0 bridgehead atoms. The Bertz CT molecular complexity index is 857. The van der Waals surface area contributed by atoms with Crippen molar-refractivity contribution in [1.29, 1.82) is 0 Å². The van der Waals surface area contributed by atoms with Crippen molar-refractivity contribution < 1.29 is 0 Å². The van der Waals surface area contributed by atoms with Crippen LogP contribution in [0.5, 0.6) is 0 Å². The maximum absolute atomic E-state index is 6.11. The third kappa shape index (κ3) is 4.80. The summed E-state index contributed by atoms with van der Waals surface area (Å²) in [5, 5.41) is 1.07. The van der Waals surface area contributed by atoms with Crippen LogP contribution in [0, 0.1) is 0 Å². The molecule has 1 aromatic heterocycles. The SMILES string of the molecule is CCN(CC)Cc1cccc(-c2cnc(-c3ccc(Cl)c(Cl)c3)[nH]2)c1.Cl. The average molecular weight is 411 g/mol. The molecule has 1 heterocycles. The molecule has 0 aliphatic heterocycles. The zero-order valence-electron chi connectivity index (χ0n) is 14.8. The lowest BCUT2D eigenvalue weighted by atomic mass is 10.1. The topological polar surface area (TPSA) is 31.9 Å². The van der Waals surface area contributed by atoms with Gasteiger partial charge in [-0.25, -0.2) is 4.98 Å². The molecule has 0 unspecified atom stereocenters. The van der Waals surface area contributed by atoms with Crippen LogP contribution in [0.3, 0.4) is 0 Å². The van der Waals surface area contributed by atoms with Gasteiger partial charge in [-0.15, -0.1) is 12.4 Å². The van der Waals surface area contributed by atoms with Gasteiger partial charge in [0.2, 0.25) is 0 Å². The molecule has 0 saturated heterocycles. The number of halogens is 3. The van der Waals surface area contributed by atoms with Crippen LogP contribution >= 0.6 is 35.6 Å². The van der Waals surface area contributed by atoms with Crippen LogP contribution in [0.25, 0.3) is 22.6 Å². The minimum atomic E-state index is 0. The molecule has 0 fully saturated rings. The molecule has 0 atom stereocenters. The Hall–Kier alpha value is -1.52. The van der Waals surface area contributed by atoms with E-state index in [0.29, 0.717) is 10.0 Å². The number of rotatable bonds is 6. The number of nitrogens with zero attached hydrogens (tertiary/aromatic N) is 2. The van der Waals surface area contributed by atoms with Crippen LogP contribution in [-0.2, 0) is 6.54 Å². The molecule has 3 nitrogen and oxygen atoms in total. The number of aromatic amines is 1. The van der Waals surface area contributed by atoms with E-state index >= 15 is 0 Å². The highest BCUT2D eigenvalue weighted by Crippen LogP contribution is 2.28. The van der Waals surface area contributed by atoms with Gasteiger partial charge in [0.25, 0.3) is 0 Å². The van der Waals surface area contributed by atoms with E-state index in [4.69, 9.17) is 23.2 Å². The first-order chi connectivity index (χ1) is 12.1. The van der Waals surface area contributed by atoms with Crippen LogP contribution in [0.4, 0.5) is 0 Å². The molecule has 0 amide bonds. The van der Waals surface area contributed by atoms with Crippen LogP contribution in [0.1, 0.15) is 19.4 Å². The van der Waals surface area contributed by atoms with E-state index in [0.717, 1.165) is 42.3 Å². The Morgan fingerprint density at radius 3 is 2.42 bits per heavy atom. The van der Waals surface area contributed by atoms with Crippen molar-refractivity contribution in [2.24, 2.45) is 0 Å². The third-order valence-corrected chi connectivity index (χ3v) is 5.05. The summed E-state index contributed by atoms with van der Waals surface area (Å²) in [4.78, 5) is 10.3. The second-order valence-corrected chi connectivity index (χ2v) is 6.75. The molecule has 0 spiro atoms. The van der Waals surface area contributed by atoms with Gasteiger partial charge in [0.15, 0.2) is 0 Å². The summed E-state index contributed by atoms with van der Waals surface area (Å²) < 4.78 is 0. The molecule has 26 heavy (non-hydrogen) atoms. The molecule has 3 aromatic rings. The molecule has 0 aliphatic rings. The summed E-state index contributed by atoms with van der Waals surface area (Å²) in [6, 6.07) is 14.1. The van der Waals surface area contributed by atoms with Gasteiger partial charge in [0.05, 0.1) is 21.9 Å². The minimum Gasteiger partial charge on any atom is -0.338 e. The van der Waals surface area contributed by atoms with Crippen molar-refractivity contribution in [2.45, 2.75) is 20.4 Å². The highest BCUT2D eigenvalue weighted by atomic mass is 35.5. The van der Waals surface area contributed by atoms with Crippen molar-refractivity contribution in [3.63, 3.8) is 0 Å². The highest BCUT2D eigenvalue weighted by molar-refractivity contribution is 6.42. The number of aromatic nitrogens is 2. The van der Waals surface area contributed by atoms with E-state index in [-0.39, 0.29) is 12.4 Å². The summed E-state index contributed by atoms with van der Waals surface area (Å²) in [6.07, 6.45) is 1.86. The lowest BCUT2D eigenvalue weighted by Crippen LogP contribution is -2.22. The van der Waals surface area contributed by atoms with Crippen LogP contribution in [0.15, 0.2) is 48.7 Å². The van der Waals surface area contributed by atoms with Gasteiger partial charge in [0.1, 0.15) is 5.82 Å². The van der Waals surface area contributed by atoms with Gasteiger partial charge < -0.3 is 4.98 Å². The van der Waals surface area contributed by atoms with Gasteiger partial charge in [-0.3, -0.25) is 4.90 Å². The van der Waals surface area contributed by atoms with Gasteiger partial charge in [-0.1, -0.05) is 55.2 Å². The number of benzene rings is 2. The summed E-state index contributed by atoms with van der Waals surface area (Å²) in [7, 11) is 0. The maximum Gasteiger partial charge on any atom is 0.137 e. The molecule has 0 aliphatic carbocycles. The van der Waals surface area contributed by atoms with Crippen LogP contribution < -0.4 is 0 Å². The number of hydrogen-bond acceptors (Lipinski definition) is 2. The van der Waals surface area contributed by atoms with E-state index in [1.54, 1.807) is 6.07 Å². The molecule has 1 N–H and O–H groups in total. The van der Waals surface area contributed by atoms with E-state index in [9.17, 15) is 0 Å². The molecule has 2 aromatic carbocycles. The van der Waals surface area contributed by atoms with Crippen molar-refractivity contribution in [3.8, 4) is 22.6 Å². The standard InChI is InChI=1S/C20H21Cl2N3.ClH/c1-3-25(4-2)13-14-6-5-7-15(10-14)19-12-23-20(24-19)16-8-9-17(21)18(22)11-16;/h5-12H,3-4,13H2,1-2H3,(H,23,24);1H. The van der Waals surface area contributed by atoms with Crippen LogP contribution in [0.2, 0.25) is 10.0 Å². The first-order valence-electron chi connectivity index (χ1n) is 8.42. The first kappa shape index (κ1) is 20.8. The molecule has 138 valence electrons. The smallest absolute Gasteiger partial charge is 0.137 e. The van der Waals surface area contributed by atoms with E-state index in [1.165, 1.54) is 5.56 Å². The quantitative estimate of drug-likeness (QED) is 0.516. The Labute approximate surface area is 170 Å². The largest absolute Gasteiger partial charge is 0.338 e. The third-order valence-electron chi connectivity index (χ3n) is 4.31. The zero-order chi connectivity index (χ0) is 17.8. The Kier molecular flexibility index (Phi) is 7.54. The lowest BCUT2D eigenvalue weighted by molar-refractivity contribution is 0.296. The van der Waals surface area contributed by atoms with Crippen molar-refractivity contribution in [2.75, 3.05) is 13.1 Å². The van der Waals surface area contributed by atoms with Gasteiger partial charge in [-0.2, -0.15) is 0 Å². The first-order valence-corrected chi connectivity index (χ1v) is 9.18. The summed E-state index contributed by atoms with van der Waals surface area (Å²) in [6.45, 7) is 7.42. The monoisotopic (exact) mass is 409 g/mol. The van der Waals surface area contributed by atoms with Crippen molar-refractivity contribution in [3.05, 3.63) is 64.3 Å². The van der Waals surface area contributed by atoms with Crippen LogP contribution in [-0.4, -0.2) is 28.0 Å². The Morgan fingerprint density at radius 2 is 1.73 bits per heavy atom. The second kappa shape index (κ2) is 9.43. The predicted octanol–water partition coefficient (Wildman–Crippen LogP) is 6.31.